The molecule has 0 atom stereocenters. The molecule has 1 aliphatic rings. The molecule has 0 saturated heterocycles. The highest BCUT2D eigenvalue weighted by atomic mass is 16.5. The number of fused-ring (bicyclic) bond motifs is 1. The second-order valence-electron chi connectivity index (χ2n) is 7.90. The molecule has 1 amide bonds. The molecular weight excluding hydrogens is 402 g/mol. The first-order valence-electron chi connectivity index (χ1n) is 10.8. The fraction of sp³-hybridized carbons (Fsp3) is 0.192. The Kier molecular flexibility index (Phi) is 5.19. The largest absolute Gasteiger partial charge is 0.461 e. The van der Waals surface area contributed by atoms with Crippen molar-refractivity contribution < 1.29 is 14.3 Å². The Bertz CT molecular complexity index is 1300. The van der Waals surface area contributed by atoms with Crippen molar-refractivity contribution in [2.75, 3.05) is 6.61 Å². The molecule has 3 aromatic carbocycles. The molecule has 0 aliphatic heterocycles. The van der Waals surface area contributed by atoms with Gasteiger partial charge in [-0.1, -0.05) is 36.4 Å². The van der Waals surface area contributed by atoms with Crippen LogP contribution in [0.2, 0.25) is 0 Å². The van der Waals surface area contributed by atoms with Crippen molar-refractivity contribution in [2.24, 2.45) is 0 Å². The maximum atomic E-state index is 12.4. The number of benzene rings is 3. The maximum absolute atomic E-state index is 12.4. The summed E-state index contributed by atoms with van der Waals surface area (Å²) in [6.07, 6.45) is 2.09. The van der Waals surface area contributed by atoms with E-state index >= 15 is 0 Å². The highest BCUT2D eigenvalue weighted by Crippen LogP contribution is 2.28. The molecule has 6 nitrogen and oxygen atoms in total. The normalized spacial score (nSPS) is 13.2. The van der Waals surface area contributed by atoms with Gasteiger partial charge in [-0.2, -0.15) is 5.10 Å². The lowest BCUT2D eigenvalue weighted by molar-refractivity contribution is 0.0518. The first-order chi connectivity index (χ1) is 15.6. The molecule has 1 aliphatic carbocycles. The van der Waals surface area contributed by atoms with Gasteiger partial charge in [0.1, 0.15) is 0 Å². The summed E-state index contributed by atoms with van der Waals surface area (Å²) in [5.41, 5.74) is 3.30. The van der Waals surface area contributed by atoms with Crippen molar-refractivity contribution in [1.29, 1.82) is 0 Å². The molecule has 1 saturated carbocycles. The predicted octanol–water partition coefficient (Wildman–Crippen LogP) is 4.76. The molecule has 5 rings (SSSR count). The monoisotopic (exact) mass is 425 g/mol. The topological polar surface area (TPSA) is 73.2 Å². The van der Waals surface area contributed by atoms with Gasteiger partial charge in [-0.15, -0.1) is 0 Å². The minimum atomic E-state index is -0.464. The van der Waals surface area contributed by atoms with Crippen LogP contribution in [0.3, 0.4) is 0 Å². The summed E-state index contributed by atoms with van der Waals surface area (Å²) in [5.74, 6) is -0.532. The van der Waals surface area contributed by atoms with Crippen molar-refractivity contribution in [3.05, 3.63) is 84.1 Å². The summed E-state index contributed by atoms with van der Waals surface area (Å²) in [5, 5.41) is 9.76. The number of amides is 1. The SMILES string of the molecule is CCOC(=O)c1cc(-c2ccc3ccccc3c2)n(-c2ccc(C(=O)NC3CC3)cc2)n1. The quantitative estimate of drug-likeness (QED) is 0.452. The molecule has 0 spiro atoms. The van der Waals surface area contributed by atoms with E-state index in [0.717, 1.165) is 40.6 Å². The van der Waals surface area contributed by atoms with Crippen LogP contribution in [0.5, 0.6) is 0 Å². The highest BCUT2D eigenvalue weighted by Gasteiger charge is 2.24. The molecule has 1 aromatic heterocycles. The van der Waals surface area contributed by atoms with E-state index in [1.54, 1.807) is 29.8 Å². The van der Waals surface area contributed by atoms with E-state index in [1.807, 2.05) is 30.3 Å². The van der Waals surface area contributed by atoms with Crippen LogP contribution in [0.25, 0.3) is 27.7 Å². The second kappa shape index (κ2) is 8.30. The van der Waals surface area contributed by atoms with Crippen LogP contribution in [0.4, 0.5) is 0 Å². The lowest BCUT2D eigenvalue weighted by Gasteiger charge is -2.10. The van der Waals surface area contributed by atoms with E-state index < -0.39 is 5.97 Å². The van der Waals surface area contributed by atoms with Gasteiger partial charge in [-0.25, -0.2) is 9.48 Å². The Morgan fingerprint density at radius 1 is 1.00 bits per heavy atom. The number of nitrogens with one attached hydrogen (secondary N) is 1. The molecule has 0 bridgehead atoms. The maximum Gasteiger partial charge on any atom is 0.358 e. The minimum Gasteiger partial charge on any atom is -0.461 e. The molecule has 4 aromatic rings. The number of carbonyl (C=O) groups is 2. The van der Waals surface area contributed by atoms with E-state index in [9.17, 15) is 9.59 Å². The fourth-order valence-corrected chi connectivity index (χ4v) is 3.69. The Labute approximate surface area is 185 Å². The summed E-state index contributed by atoms with van der Waals surface area (Å²) in [6, 6.07) is 23.6. The summed E-state index contributed by atoms with van der Waals surface area (Å²) in [4.78, 5) is 24.7. The number of hydrogen-bond acceptors (Lipinski definition) is 4. The molecule has 1 heterocycles. The third kappa shape index (κ3) is 3.99. The number of hydrogen-bond donors (Lipinski definition) is 1. The van der Waals surface area contributed by atoms with Gasteiger partial charge in [0.15, 0.2) is 5.69 Å². The van der Waals surface area contributed by atoms with Gasteiger partial charge < -0.3 is 10.1 Å². The van der Waals surface area contributed by atoms with Crippen molar-refractivity contribution in [3.8, 4) is 16.9 Å². The van der Waals surface area contributed by atoms with E-state index in [-0.39, 0.29) is 18.2 Å². The third-order valence-corrected chi connectivity index (χ3v) is 5.53. The molecular formula is C26H23N3O3. The highest BCUT2D eigenvalue weighted by molar-refractivity contribution is 5.95. The average molecular weight is 425 g/mol. The lowest BCUT2D eigenvalue weighted by Crippen LogP contribution is -2.25. The van der Waals surface area contributed by atoms with Gasteiger partial charge in [0, 0.05) is 17.2 Å². The Morgan fingerprint density at radius 3 is 2.47 bits per heavy atom. The zero-order valence-electron chi connectivity index (χ0n) is 17.7. The molecule has 0 unspecified atom stereocenters. The molecule has 6 heteroatoms. The predicted molar refractivity (Wildman–Crippen MR) is 123 cm³/mol. The van der Waals surface area contributed by atoms with Crippen LogP contribution in [-0.2, 0) is 4.74 Å². The van der Waals surface area contributed by atoms with Crippen LogP contribution >= 0.6 is 0 Å². The minimum absolute atomic E-state index is 0.0681. The smallest absolute Gasteiger partial charge is 0.358 e. The number of ether oxygens (including phenoxy) is 1. The summed E-state index contributed by atoms with van der Waals surface area (Å²) >= 11 is 0. The van der Waals surface area contributed by atoms with E-state index in [2.05, 4.69) is 34.7 Å². The molecule has 1 fully saturated rings. The number of nitrogens with zero attached hydrogens (tertiary/aromatic N) is 2. The molecule has 32 heavy (non-hydrogen) atoms. The fourth-order valence-electron chi connectivity index (χ4n) is 3.69. The van der Waals surface area contributed by atoms with E-state index in [4.69, 9.17) is 4.74 Å². The van der Waals surface area contributed by atoms with E-state index in [0.29, 0.717) is 11.6 Å². The van der Waals surface area contributed by atoms with E-state index in [1.165, 1.54) is 0 Å². The Hall–Kier alpha value is -3.93. The summed E-state index contributed by atoms with van der Waals surface area (Å²) < 4.78 is 6.89. The summed E-state index contributed by atoms with van der Waals surface area (Å²) in [7, 11) is 0. The van der Waals surface area contributed by atoms with Crippen molar-refractivity contribution in [2.45, 2.75) is 25.8 Å². The van der Waals surface area contributed by atoms with Gasteiger partial charge in [0.25, 0.3) is 5.91 Å². The second-order valence-corrected chi connectivity index (χ2v) is 7.90. The third-order valence-electron chi connectivity index (χ3n) is 5.53. The number of carbonyl (C=O) groups excluding carboxylic acids is 2. The number of esters is 1. The zero-order chi connectivity index (χ0) is 22.1. The van der Waals surface area contributed by atoms with Crippen molar-refractivity contribution in [1.82, 2.24) is 15.1 Å². The van der Waals surface area contributed by atoms with Gasteiger partial charge in [0.05, 0.1) is 18.0 Å². The summed E-state index contributed by atoms with van der Waals surface area (Å²) in [6.45, 7) is 2.05. The van der Waals surface area contributed by atoms with Crippen LogP contribution < -0.4 is 5.32 Å². The van der Waals surface area contributed by atoms with Crippen molar-refractivity contribution in [3.63, 3.8) is 0 Å². The Morgan fingerprint density at radius 2 is 1.75 bits per heavy atom. The average Bonchev–Trinajstić information content (AvgIpc) is 3.52. The molecule has 0 radical (unpaired) electrons. The lowest BCUT2D eigenvalue weighted by atomic mass is 10.0. The van der Waals surface area contributed by atoms with Crippen LogP contribution in [0.15, 0.2) is 72.8 Å². The number of aromatic nitrogens is 2. The van der Waals surface area contributed by atoms with Crippen LogP contribution in [-0.4, -0.2) is 34.3 Å². The van der Waals surface area contributed by atoms with Crippen LogP contribution in [0, 0.1) is 0 Å². The van der Waals surface area contributed by atoms with Gasteiger partial charge in [0.2, 0.25) is 0 Å². The molecule has 160 valence electrons. The zero-order valence-corrected chi connectivity index (χ0v) is 17.7. The van der Waals surface area contributed by atoms with Gasteiger partial charge >= 0.3 is 5.97 Å². The standard InChI is InChI=1S/C26H23N3O3/c1-2-32-26(31)23-16-24(20-8-7-17-5-3-4-6-19(17)15-20)29(28-23)22-13-9-18(10-14-22)25(30)27-21-11-12-21/h3-10,13-16,21H,2,11-12H2,1H3,(H,27,30). The molecule has 1 N–H and O–H groups in total. The number of rotatable bonds is 6. The first kappa shape index (κ1) is 20.0. The van der Waals surface area contributed by atoms with Crippen molar-refractivity contribution >= 4 is 22.6 Å². The van der Waals surface area contributed by atoms with Gasteiger partial charge in [-0.05, 0) is 66.9 Å². The first-order valence-corrected chi connectivity index (χ1v) is 10.8. The van der Waals surface area contributed by atoms with Crippen LogP contribution in [0.1, 0.15) is 40.6 Å². The Balaban J connectivity index is 1.55. The van der Waals surface area contributed by atoms with Gasteiger partial charge in [-0.3, -0.25) is 4.79 Å².